The molecular formula is C14H26. The zero-order valence-corrected chi connectivity index (χ0v) is 10.3. The Morgan fingerprint density at radius 3 is 0.929 bits per heavy atom. The maximum atomic E-state index is 2.45. The standard InChI is InChI=1S/C14H26/c1-9-5-13(6-10(9)2)14-7-11(3)12(4)8-14/h9-14H,5-8H2,1-4H3. The third-order valence-electron chi connectivity index (χ3n) is 5.31. The second kappa shape index (κ2) is 3.87. The average molecular weight is 194 g/mol. The lowest BCUT2D eigenvalue weighted by Crippen LogP contribution is -2.08. The monoisotopic (exact) mass is 194 g/mol. The largest absolute Gasteiger partial charge is 0.0622 e. The van der Waals surface area contributed by atoms with Crippen LogP contribution in [0.5, 0.6) is 0 Å². The van der Waals surface area contributed by atoms with Crippen LogP contribution in [0.15, 0.2) is 0 Å². The number of hydrogen-bond acceptors (Lipinski definition) is 0. The molecule has 0 heterocycles. The van der Waals surface area contributed by atoms with Crippen LogP contribution in [0.2, 0.25) is 0 Å². The molecular weight excluding hydrogens is 168 g/mol. The summed E-state index contributed by atoms with van der Waals surface area (Å²) in [6, 6.07) is 0. The smallest absolute Gasteiger partial charge is 0.0380 e. The van der Waals surface area contributed by atoms with Crippen LogP contribution in [0, 0.1) is 35.5 Å². The SMILES string of the molecule is CC1CC(C2CC(C)C(C)C2)CC1C. The molecule has 2 rings (SSSR count). The molecule has 0 saturated heterocycles. The molecule has 0 nitrogen and oxygen atoms in total. The third kappa shape index (κ3) is 1.85. The van der Waals surface area contributed by atoms with Crippen LogP contribution in [0.4, 0.5) is 0 Å². The Labute approximate surface area is 89.5 Å². The van der Waals surface area contributed by atoms with Gasteiger partial charge >= 0.3 is 0 Å². The van der Waals surface area contributed by atoms with Crippen molar-refractivity contribution in [3.05, 3.63) is 0 Å². The fourth-order valence-electron chi connectivity index (χ4n) is 3.80. The quantitative estimate of drug-likeness (QED) is 0.582. The first kappa shape index (κ1) is 10.5. The highest BCUT2D eigenvalue weighted by molar-refractivity contribution is 4.88. The molecule has 2 aliphatic carbocycles. The van der Waals surface area contributed by atoms with E-state index in [0.717, 1.165) is 35.5 Å². The van der Waals surface area contributed by atoms with Crippen LogP contribution in [-0.4, -0.2) is 0 Å². The van der Waals surface area contributed by atoms with Crippen molar-refractivity contribution >= 4 is 0 Å². The molecule has 0 aliphatic heterocycles. The minimum absolute atomic E-state index is 0.992. The Morgan fingerprint density at radius 2 is 0.714 bits per heavy atom. The van der Waals surface area contributed by atoms with Gasteiger partial charge in [0.2, 0.25) is 0 Å². The topological polar surface area (TPSA) is 0 Å². The lowest BCUT2D eigenvalue weighted by atomic mass is 9.88. The Hall–Kier alpha value is 0. The summed E-state index contributed by atoms with van der Waals surface area (Å²) < 4.78 is 0. The first-order chi connectivity index (χ1) is 6.58. The van der Waals surface area contributed by atoms with E-state index in [9.17, 15) is 0 Å². The summed E-state index contributed by atoms with van der Waals surface area (Å²) in [6.45, 7) is 9.80. The van der Waals surface area contributed by atoms with Crippen molar-refractivity contribution in [1.82, 2.24) is 0 Å². The Bertz CT molecular complexity index is 154. The minimum Gasteiger partial charge on any atom is -0.0622 e. The molecule has 14 heavy (non-hydrogen) atoms. The Kier molecular flexibility index (Phi) is 2.91. The summed E-state index contributed by atoms with van der Waals surface area (Å²) in [7, 11) is 0. The molecule has 0 amide bonds. The predicted octanol–water partition coefficient (Wildman–Crippen LogP) is 4.35. The van der Waals surface area contributed by atoms with E-state index in [4.69, 9.17) is 0 Å². The third-order valence-corrected chi connectivity index (χ3v) is 5.31. The van der Waals surface area contributed by atoms with Crippen molar-refractivity contribution in [2.75, 3.05) is 0 Å². The van der Waals surface area contributed by atoms with Crippen LogP contribution in [0.25, 0.3) is 0 Å². The maximum absolute atomic E-state index is 2.45. The molecule has 82 valence electrons. The Balaban J connectivity index is 1.92. The van der Waals surface area contributed by atoms with Crippen molar-refractivity contribution in [3.63, 3.8) is 0 Å². The van der Waals surface area contributed by atoms with Gasteiger partial charge in [-0.15, -0.1) is 0 Å². The van der Waals surface area contributed by atoms with Gasteiger partial charge in [0.15, 0.2) is 0 Å². The summed E-state index contributed by atoms with van der Waals surface area (Å²) in [5.74, 6) is 6.12. The molecule has 0 N–H and O–H groups in total. The van der Waals surface area contributed by atoms with Crippen molar-refractivity contribution in [1.29, 1.82) is 0 Å². The molecule has 2 aliphatic rings. The molecule has 0 aromatic carbocycles. The molecule has 0 aromatic rings. The number of rotatable bonds is 1. The van der Waals surface area contributed by atoms with Crippen LogP contribution in [0.1, 0.15) is 53.4 Å². The van der Waals surface area contributed by atoms with E-state index in [2.05, 4.69) is 27.7 Å². The summed E-state index contributed by atoms with van der Waals surface area (Å²) in [6.07, 6.45) is 6.08. The normalized spacial score (nSPS) is 54.0. The molecule has 2 saturated carbocycles. The van der Waals surface area contributed by atoms with E-state index in [1.54, 1.807) is 0 Å². The second-order valence-corrected chi connectivity index (χ2v) is 6.37. The van der Waals surface area contributed by atoms with Gasteiger partial charge in [-0.25, -0.2) is 0 Å². The van der Waals surface area contributed by atoms with Crippen molar-refractivity contribution < 1.29 is 0 Å². The summed E-state index contributed by atoms with van der Waals surface area (Å²) >= 11 is 0. The van der Waals surface area contributed by atoms with E-state index >= 15 is 0 Å². The highest BCUT2D eigenvalue weighted by atomic mass is 14.4. The molecule has 4 unspecified atom stereocenters. The predicted molar refractivity (Wildman–Crippen MR) is 62.1 cm³/mol. The Morgan fingerprint density at radius 1 is 0.500 bits per heavy atom. The van der Waals surface area contributed by atoms with Gasteiger partial charge in [-0.2, -0.15) is 0 Å². The van der Waals surface area contributed by atoms with Crippen molar-refractivity contribution in [2.45, 2.75) is 53.4 Å². The van der Waals surface area contributed by atoms with Crippen molar-refractivity contribution in [2.24, 2.45) is 35.5 Å². The summed E-state index contributed by atoms with van der Waals surface area (Å²) in [5, 5.41) is 0. The highest BCUT2D eigenvalue weighted by Crippen LogP contribution is 2.48. The zero-order valence-electron chi connectivity index (χ0n) is 10.3. The maximum Gasteiger partial charge on any atom is -0.0380 e. The van der Waals surface area contributed by atoms with Gasteiger partial charge in [0.05, 0.1) is 0 Å². The van der Waals surface area contributed by atoms with Gasteiger partial charge in [-0.1, -0.05) is 27.7 Å². The van der Waals surface area contributed by atoms with Gasteiger partial charge in [-0.3, -0.25) is 0 Å². The van der Waals surface area contributed by atoms with E-state index in [1.165, 1.54) is 25.7 Å². The van der Waals surface area contributed by atoms with Gasteiger partial charge in [0.25, 0.3) is 0 Å². The van der Waals surface area contributed by atoms with E-state index in [-0.39, 0.29) is 0 Å². The number of hydrogen-bond donors (Lipinski definition) is 0. The summed E-state index contributed by atoms with van der Waals surface area (Å²) in [4.78, 5) is 0. The molecule has 2 fully saturated rings. The first-order valence-electron chi connectivity index (χ1n) is 6.58. The van der Waals surface area contributed by atoms with Gasteiger partial charge < -0.3 is 0 Å². The average Bonchev–Trinajstić information content (AvgIpc) is 2.60. The molecule has 0 spiro atoms. The zero-order chi connectivity index (χ0) is 10.3. The van der Waals surface area contributed by atoms with Crippen LogP contribution in [0.3, 0.4) is 0 Å². The fraction of sp³-hybridized carbons (Fsp3) is 1.00. The van der Waals surface area contributed by atoms with Crippen LogP contribution in [-0.2, 0) is 0 Å². The molecule has 0 radical (unpaired) electrons. The molecule has 0 bridgehead atoms. The lowest BCUT2D eigenvalue weighted by Gasteiger charge is -2.18. The molecule has 0 heteroatoms. The van der Waals surface area contributed by atoms with E-state index < -0.39 is 0 Å². The molecule has 0 aromatic heterocycles. The minimum atomic E-state index is 0.992. The molecule has 4 atom stereocenters. The van der Waals surface area contributed by atoms with Gasteiger partial charge in [0, 0.05) is 0 Å². The van der Waals surface area contributed by atoms with Crippen LogP contribution < -0.4 is 0 Å². The van der Waals surface area contributed by atoms with Crippen LogP contribution >= 0.6 is 0 Å². The van der Waals surface area contributed by atoms with Crippen molar-refractivity contribution in [3.8, 4) is 0 Å². The first-order valence-corrected chi connectivity index (χ1v) is 6.58. The highest BCUT2D eigenvalue weighted by Gasteiger charge is 2.38. The fourth-order valence-corrected chi connectivity index (χ4v) is 3.80. The lowest BCUT2D eigenvalue weighted by molar-refractivity contribution is 0.325. The van der Waals surface area contributed by atoms with Gasteiger partial charge in [-0.05, 0) is 61.2 Å². The van der Waals surface area contributed by atoms with Gasteiger partial charge in [0.1, 0.15) is 0 Å². The second-order valence-electron chi connectivity index (χ2n) is 6.37. The van der Waals surface area contributed by atoms with E-state index in [0.29, 0.717) is 0 Å². The summed E-state index contributed by atoms with van der Waals surface area (Å²) in [5.41, 5.74) is 0. The van der Waals surface area contributed by atoms with E-state index in [1.807, 2.05) is 0 Å².